The molecule has 0 radical (unpaired) electrons. The third-order valence-corrected chi connectivity index (χ3v) is 5.38. The van der Waals surface area contributed by atoms with Gasteiger partial charge in [-0.2, -0.15) is 0 Å². The van der Waals surface area contributed by atoms with Gasteiger partial charge >= 0.3 is 0 Å². The Morgan fingerprint density at radius 2 is 0.483 bits per heavy atom. The van der Waals surface area contributed by atoms with E-state index < -0.39 is 0 Å². The molecule has 0 heterocycles. The molecule has 0 saturated carbocycles. The van der Waals surface area contributed by atoms with Crippen LogP contribution in [0.1, 0.15) is 0 Å². The Bertz CT molecular complexity index is 970. The summed E-state index contributed by atoms with van der Waals surface area (Å²) in [5.74, 6) is 0. The predicted molar refractivity (Wildman–Crippen MR) is 131 cm³/mol. The van der Waals surface area contributed by atoms with Crippen LogP contribution in [0.25, 0.3) is 0 Å². The Kier molecular flexibility index (Phi) is 6.17. The molecule has 0 atom stereocenters. The van der Waals surface area contributed by atoms with Crippen molar-refractivity contribution >= 4 is 66.0 Å². The summed E-state index contributed by atoms with van der Waals surface area (Å²) in [6.45, 7) is 0. The van der Waals surface area contributed by atoms with Crippen molar-refractivity contribution in [2.24, 2.45) is 0 Å². The van der Waals surface area contributed by atoms with Crippen molar-refractivity contribution in [3.05, 3.63) is 106 Å². The molecule has 3 N–H and O–H groups in total. The zero-order valence-corrected chi connectivity index (χ0v) is 18.7. The highest BCUT2D eigenvalue weighted by molar-refractivity contribution is 9.10. The molecule has 5 heteroatoms. The number of hydrogen-bond donors (Lipinski definition) is 3. The van der Waals surface area contributed by atoms with Crippen molar-refractivity contribution in [2.75, 3.05) is 16.0 Å². The van der Waals surface area contributed by atoms with E-state index in [-0.39, 0.29) is 0 Å². The Balaban J connectivity index is 1.36. The summed E-state index contributed by atoms with van der Waals surface area (Å²) in [4.78, 5) is 0. The fourth-order valence-corrected chi connectivity index (χ4v) is 3.37. The highest BCUT2D eigenvalue weighted by atomic mass is 79.9. The molecule has 4 aromatic carbocycles. The van der Waals surface area contributed by atoms with Crippen molar-refractivity contribution in [1.29, 1.82) is 0 Å². The van der Waals surface area contributed by atoms with Gasteiger partial charge in [-0.3, -0.25) is 0 Å². The number of benzene rings is 4. The van der Waals surface area contributed by atoms with E-state index in [1.165, 1.54) is 0 Å². The molecular weight excluding hydrogens is 490 g/mol. The molecule has 0 aromatic heterocycles. The molecule has 0 spiro atoms. The van der Waals surface area contributed by atoms with E-state index in [4.69, 9.17) is 0 Å². The Labute approximate surface area is 187 Å². The maximum atomic E-state index is 3.45. The van der Waals surface area contributed by atoms with Crippen LogP contribution in [0.2, 0.25) is 0 Å². The fraction of sp³-hybridized carbons (Fsp3) is 0. The van der Waals surface area contributed by atoms with Crippen LogP contribution in [-0.4, -0.2) is 0 Å². The first kappa shape index (κ1) is 19.6. The molecule has 0 fully saturated rings. The van der Waals surface area contributed by atoms with Crippen LogP contribution in [0.15, 0.2) is 106 Å². The first-order chi connectivity index (χ1) is 14.1. The molecule has 0 aliphatic rings. The van der Waals surface area contributed by atoms with Crippen LogP contribution in [0, 0.1) is 0 Å². The Morgan fingerprint density at radius 1 is 0.310 bits per heavy atom. The normalized spacial score (nSPS) is 10.4. The van der Waals surface area contributed by atoms with Gasteiger partial charge in [0.2, 0.25) is 0 Å². The predicted octanol–water partition coefficient (Wildman–Crippen LogP) is 8.44. The van der Waals surface area contributed by atoms with E-state index in [0.29, 0.717) is 0 Å². The lowest BCUT2D eigenvalue weighted by Gasteiger charge is -2.11. The molecule has 0 amide bonds. The molecule has 144 valence electrons. The van der Waals surface area contributed by atoms with Crippen LogP contribution in [-0.2, 0) is 0 Å². The van der Waals surface area contributed by atoms with Crippen LogP contribution in [0.4, 0.5) is 34.1 Å². The van der Waals surface area contributed by atoms with Crippen molar-refractivity contribution in [2.45, 2.75) is 0 Å². The van der Waals surface area contributed by atoms with Gasteiger partial charge in [-0.1, -0.05) is 31.9 Å². The maximum absolute atomic E-state index is 3.45. The Hall–Kier alpha value is -2.76. The minimum absolute atomic E-state index is 1.04. The number of anilines is 6. The lowest BCUT2D eigenvalue weighted by molar-refractivity contribution is 1.50. The van der Waals surface area contributed by atoms with Gasteiger partial charge in [-0.05, 0) is 97.1 Å². The summed E-state index contributed by atoms with van der Waals surface area (Å²) in [6.07, 6.45) is 0. The number of rotatable bonds is 6. The topological polar surface area (TPSA) is 36.1 Å². The van der Waals surface area contributed by atoms with E-state index in [1.54, 1.807) is 0 Å². The van der Waals surface area contributed by atoms with Gasteiger partial charge < -0.3 is 16.0 Å². The third-order valence-electron chi connectivity index (χ3n) is 4.32. The van der Waals surface area contributed by atoms with Gasteiger partial charge in [0.15, 0.2) is 0 Å². The van der Waals surface area contributed by atoms with Crippen LogP contribution in [0.3, 0.4) is 0 Å². The number of nitrogens with one attached hydrogen (secondary N) is 3. The van der Waals surface area contributed by atoms with Gasteiger partial charge in [0, 0.05) is 43.1 Å². The maximum Gasteiger partial charge on any atom is 0.0385 e. The summed E-state index contributed by atoms with van der Waals surface area (Å²) in [6, 6.07) is 32.8. The molecule has 0 bridgehead atoms. The molecule has 4 aromatic rings. The molecule has 0 aliphatic heterocycles. The average Bonchev–Trinajstić information content (AvgIpc) is 2.74. The monoisotopic (exact) mass is 507 g/mol. The molecule has 29 heavy (non-hydrogen) atoms. The number of hydrogen-bond acceptors (Lipinski definition) is 3. The zero-order valence-electron chi connectivity index (χ0n) is 15.5. The summed E-state index contributed by atoms with van der Waals surface area (Å²) in [5, 5.41) is 10.2. The van der Waals surface area contributed by atoms with Gasteiger partial charge in [0.25, 0.3) is 0 Å². The first-order valence-electron chi connectivity index (χ1n) is 9.16. The third kappa shape index (κ3) is 5.62. The first-order valence-corrected chi connectivity index (χ1v) is 10.7. The summed E-state index contributed by atoms with van der Waals surface area (Å²) in [5.41, 5.74) is 6.30. The fourth-order valence-electron chi connectivity index (χ4n) is 2.84. The number of halogens is 2. The van der Waals surface area contributed by atoms with E-state index in [1.807, 2.05) is 48.5 Å². The van der Waals surface area contributed by atoms with Crippen molar-refractivity contribution in [3.8, 4) is 0 Å². The van der Waals surface area contributed by atoms with Gasteiger partial charge in [0.1, 0.15) is 0 Å². The molecule has 0 unspecified atom stereocenters. The molecular formula is C24H19Br2N3. The van der Waals surface area contributed by atoms with E-state index in [2.05, 4.69) is 96.3 Å². The summed E-state index contributed by atoms with van der Waals surface area (Å²) in [7, 11) is 0. The van der Waals surface area contributed by atoms with Crippen molar-refractivity contribution < 1.29 is 0 Å². The van der Waals surface area contributed by atoms with Crippen LogP contribution >= 0.6 is 31.9 Å². The second kappa shape index (κ2) is 9.16. The largest absolute Gasteiger partial charge is 0.356 e. The van der Waals surface area contributed by atoms with Gasteiger partial charge in [-0.25, -0.2) is 0 Å². The van der Waals surface area contributed by atoms with Crippen LogP contribution < -0.4 is 16.0 Å². The standard InChI is InChI=1S/C24H19Br2N3/c25-17-1-5-19(6-2-17)27-21-9-13-23(14-10-21)29-24-15-11-22(12-16-24)28-20-7-3-18(26)4-8-20/h1-16,27-29H. The van der Waals surface area contributed by atoms with E-state index >= 15 is 0 Å². The van der Waals surface area contributed by atoms with Gasteiger partial charge in [0.05, 0.1) is 0 Å². The minimum atomic E-state index is 1.04. The summed E-state index contributed by atoms with van der Waals surface area (Å²) >= 11 is 6.91. The molecule has 0 aliphatic carbocycles. The van der Waals surface area contributed by atoms with Crippen molar-refractivity contribution in [1.82, 2.24) is 0 Å². The quantitative estimate of drug-likeness (QED) is 0.244. The smallest absolute Gasteiger partial charge is 0.0385 e. The van der Waals surface area contributed by atoms with Crippen LogP contribution in [0.5, 0.6) is 0 Å². The summed E-state index contributed by atoms with van der Waals surface area (Å²) < 4.78 is 2.14. The lowest BCUT2D eigenvalue weighted by Crippen LogP contribution is -1.94. The van der Waals surface area contributed by atoms with Crippen molar-refractivity contribution in [3.63, 3.8) is 0 Å². The SMILES string of the molecule is Brc1ccc(Nc2ccc(Nc3ccc(Nc4ccc(Br)cc4)cc3)cc2)cc1. The van der Waals surface area contributed by atoms with E-state index in [9.17, 15) is 0 Å². The van der Waals surface area contributed by atoms with Gasteiger partial charge in [-0.15, -0.1) is 0 Å². The Morgan fingerprint density at radius 3 is 0.690 bits per heavy atom. The highest BCUT2D eigenvalue weighted by Crippen LogP contribution is 2.25. The second-order valence-corrected chi connectivity index (χ2v) is 8.37. The molecule has 0 saturated heterocycles. The molecule has 3 nitrogen and oxygen atoms in total. The second-order valence-electron chi connectivity index (χ2n) is 6.54. The highest BCUT2D eigenvalue weighted by Gasteiger charge is 1.99. The molecule has 4 rings (SSSR count). The zero-order chi connectivity index (χ0) is 20.1. The lowest BCUT2D eigenvalue weighted by atomic mass is 10.2. The minimum Gasteiger partial charge on any atom is -0.356 e. The average molecular weight is 509 g/mol. The van der Waals surface area contributed by atoms with E-state index in [0.717, 1.165) is 43.1 Å².